The van der Waals surface area contributed by atoms with Crippen molar-refractivity contribution in [2.75, 3.05) is 37.6 Å². The molecule has 1 aliphatic carbocycles. The molecule has 3 aliphatic heterocycles. The van der Waals surface area contributed by atoms with Gasteiger partial charge in [0, 0.05) is 59.9 Å². The minimum Gasteiger partial charge on any atom is -0.508 e. The molecule has 10 heteroatoms. The Morgan fingerprint density at radius 1 is 0.811 bits per heavy atom. The lowest BCUT2D eigenvalue weighted by Crippen LogP contribution is -2.52. The van der Waals surface area contributed by atoms with Crippen molar-refractivity contribution in [2.45, 2.75) is 50.6 Å². The predicted molar refractivity (Wildman–Crippen MR) is 205 cm³/mol. The van der Waals surface area contributed by atoms with E-state index in [4.69, 9.17) is 4.74 Å². The van der Waals surface area contributed by atoms with E-state index in [1.54, 1.807) is 40.5 Å². The number of fused-ring (bicyclic) bond motifs is 2. The fourth-order valence-electron chi connectivity index (χ4n) is 8.57. The van der Waals surface area contributed by atoms with Gasteiger partial charge in [0.05, 0.1) is 17.3 Å². The van der Waals surface area contributed by atoms with E-state index in [2.05, 4.69) is 40.1 Å². The van der Waals surface area contributed by atoms with Gasteiger partial charge in [-0.25, -0.2) is 0 Å². The number of ether oxygens (including phenoxy) is 1. The molecular weight excluding hydrogens is 687 g/mol. The van der Waals surface area contributed by atoms with E-state index in [0.717, 1.165) is 88.8 Å². The molecule has 2 N–H and O–H groups in total. The number of aromatic hydroxyl groups is 2. The van der Waals surface area contributed by atoms with Crippen LogP contribution in [0.3, 0.4) is 0 Å². The Kier molecular flexibility index (Phi) is 8.67. The van der Waals surface area contributed by atoms with Gasteiger partial charge in [0.25, 0.3) is 5.91 Å². The number of ketones is 2. The van der Waals surface area contributed by atoms with Gasteiger partial charge >= 0.3 is 0 Å². The first-order chi connectivity index (χ1) is 25.8. The third-order valence-corrected chi connectivity index (χ3v) is 12.7. The van der Waals surface area contributed by atoms with Gasteiger partial charge in [-0.05, 0) is 128 Å². The molecule has 4 heterocycles. The van der Waals surface area contributed by atoms with Crippen molar-refractivity contribution in [1.29, 1.82) is 0 Å². The second kappa shape index (κ2) is 13.7. The van der Waals surface area contributed by atoms with Crippen LogP contribution in [0.1, 0.15) is 59.5 Å². The Morgan fingerprint density at radius 3 is 2.32 bits per heavy atom. The number of amides is 1. The molecule has 1 unspecified atom stereocenters. The summed E-state index contributed by atoms with van der Waals surface area (Å²) < 4.78 is 7.46. The van der Waals surface area contributed by atoms with E-state index in [0.29, 0.717) is 36.8 Å². The van der Waals surface area contributed by atoms with Gasteiger partial charge in [-0.2, -0.15) is 0 Å². The fraction of sp³-hybridized carbons (Fsp3) is 0.326. The number of carbonyl (C=O) groups is 3. The predicted octanol–water partition coefficient (Wildman–Crippen LogP) is 7.73. The Labute approximate surface area is 312 Å². The number of nitrogens with zero attached hydrogens (tertiary/aromatic N) is 3. The standard InChI is InChI=1S/C43H41N3O6S/c47-32-6-1-29(2-7-32)42-41(37-13-8-34(49)21-40(37)53-42)52-35-10-3-27(4-11-35)28-15-17-44(18-16-28)22-26-23-45(24-26)31-5-12-36-30(19-31)25-46(43(36)51)38-14-9-33(48)20-39(38)50/h1-8,10-13,19,21,26,28,38,47,49H,9,14-18,20,22-25H2. The third kappa shape index (κ3) is 6.55. The first-order valence-electron chi connectivity index (χ1n) is 18.5. The minimum absolute atomic E-state index is 0.0261. The highest BCUT2D eigenvalue weighted by molar-refractivity contribution is 7.22. The largest absolute Gasteiger partial charge is 0.508 e. The summed E-state index contributed by atoms with van der Waals surface area (Å²) in [5, 5.41) is 20.9. The molecule has 9 rings (SSSR count). The molecule has 0 radical (unpaired) electrons. The number of anilines is 1. The number of thiophene rings is 1. The van der Waals surface area contributed by atoms with Gasteiger partial charge in [-0.15, -0.1) is 11.3 Å². The summed E-state index contributed by atoms with van der Waals surface area (Å²) in [6, 6.07) is 26.5. The number of piperidine rings is 1. The van der Waals surface area contributed by atoms with E-state index in [9.17, 15) is 24.6 Å². The molecule has 1 saturated carbocycles. The van der Waals surface area contributed by atoms with Crippen molar-refractivity contribution < 1.29 is 29.3 Å². The van der Waals surface area contributed by atoms with Crippen LogP contribution in [-0.2, 0) is 16.1 Å². The maximum absolute atomic E-state index is 13.1. The van der Waals surface area contributed by atoms with Crippen LogP contribution < -0.4 is 9.64 Å². The summed E-state index contributed by atoms with van der Waals surface area (Å²) in [7, 11) is 0. The molecule has 270 valence electrons. The van der Waals surface area contributed by atoms with Gasteiger partial charge < -0.3 is 29.6 Å². The van der Waals surface area contributed by atoms with Gasteiger partial charge in [0.2, 0.25) is 0 Å². The van der Waals surface area contributed by atoms with Gasteiger partial charge in [-0.3, -0.25) is 14.4 Å². The maximum Gasteiger partial charge on any atom is 0.255 e. The van der Waals surface area contributed by atoms with E-state index < -0.39 is 6.04 Å². The zero-order chi connectivity index (χ0) is 36.2. The number of rotatable bonds is 8. The van der Waals surface area contributed by atoms with E-state index in [1.165, 1.54) is 5.56 Å². The van der Waals surface area contributed by atoms with Crippen molar-refractivity contribution in [2.24, 2.45) is 5.92 Å². The van der Waals surface area contributed by atoms with Crippen LogP contribution >= 0.6 is 11.3 Å². The van der Waals surface area contributed by atoms with Crippen LogP contribution in [0.4, 0.5) is 5.69 Å². The molecule has 53 heavy (non-hydrogen) atoms. The Bertz CT molecular complexity index is 2220. The van der Waals surface area contributed by atoms with Crippen LogP contribution in [-0.4, -0.2) is 76.3 Å². The molecule has 4 aliphatic rings. The number of carbonyl (C=O) groups excluding carboxylic acids is 3. The molecule has 0 bridgehead atoms. The van der Waals surface area contributed by atoms with E-state index in [1.807, 2.05) is 30.3 Å². The lowest BCUT2D eigenvalue weighted by atomic mass is 9.88. The number of phenolic OH excluding ortho intramolecular Hbond substituents is 2. The summed E-state index contributed by atoms with van der Waals surface area (Å²) in [5.74, 6) is 2.80. The van der Waals surface area contributed by atoms with Crippen molar-refractivity contribution in [1.82, 2.24) is 9.80 Å². The SMILES string of the molecule is O=C1CCC(N2Cc3cc(N4CC(CN5CCC(c6ccc(Oc7c(-c8ccc(O)cc8)sc8cc(O)ccc78)cc6)CC5)C4)ccc3C2=O)C(=O)C1. The van der Waals surface area contributed by atoms with Gasteiger partial charge in [0.15, 0.2) is 11.5 Å². The molecule has 2 saturated heterocycles. The van der Waals surface area contributed by atoms with E-state index >= 15 is 0 Å². The number of benzene rings is 4. The number of hydrogen-bond acceptors (Lipinski definition) is 9. The summed E-state index contributed by atoms with van der Waals surface area (Å²) in [6.45, 7) is 5.67. The highest BCUT2D eigenvalue weighted by atomic mass is 32.1. The fourth-order valence-corrected chi connectivity index (χ4v) is 9.74. The highest BCUT2D eigenvalue weighted by Crippen LogP contribution is 2.47. The second-order valence-corrected chi connectivity index (χ2v) is 16.1. The molecule has 5 aromatic rings. The molecule has 1 atom stereocenters. The molecule has 9 nitrogen and oxygen atoms in total. The first kappa shape index (κ1) is 33.6. The van der Waals surface area contributed by atoms with Crippen molar-refractivity contribution in [3.8, 4) is 33.4 Å². The normalized spacial score (nSPS) is 19.9. The summed E-state index contributed by atoms with van der Waals surface area (Å²) in [5.41, 5.74) is 5.06. The zero-order valence-corrected chi connectivity index (χ0v) is 30.2. The summed E-state index contributed by atoms with van der Waals surface area (Å²) in [6.07, 6.45) is 2.98. The number of phenols is 2. The average molecular weight is 728 g/mol. The zero-order valence-electron chi connectivity index (χ0n) is 29.4. The topological polar surface area (TPSA) is 111 Å². The first-order valence-corrected chi connectivity index (χ1v) is 19.4. The lowest BCUT2D eigenvalue weighted by molar-refractivity contribution is -0.133. The Morgan fingerprint density at radius 2 is 1.57 bits per heavy atom. The molecule has 1 aromatic heterocycles. The number of Topliss-reactive ketones (excluding diaryl/α,β-unsaturated/α-hetero) is 2. The molecular formula is C43H41N3O6S. The van der Waals surface area contributed by atoms with Crippen molar-refractivity contribution in [3.05, 3.63) is 102 Å². The molecule has 3 fully saturated rings. The molecule has 0 spiro atoms. The van der Waals surface area contributed by atoms with Crippen LogP contribution in [0, 0.1) is 5.92 Å². The van der Waals surface area contributed by atoms with E-state index in [-0.39, 0.29) is 35.4 Å². The maximum atomic E-state index is 13.1. The second-order valence-electron chi connectivity index (χ2n) is 15.0. The van der Waals surface area contributed by atoms with Crippen molar-refractivity contribution in [3.63, 3.8) is 0 Å². The number of hydrogen-bond donors (Lipinski definition) is 2. The number of likely N-dealkylation sites (tertiary alicyclic amines) is 1. The molecule has 4 aromatic carbocycles. The lowest BCUT2D eigenvalue weighted by Gasteiger charge is -2.44. The van der Waals surface area contributed by atoms with Crippen LogP contribution in [0.25, 0.3) is 20.5 Å². The quantitative estimate of drug-likeness (QED) is 0.156. The molecule has 1 amide bonds. The van der Waals surface area contributed by atoms with Crippen LogP contribution in [0.15, 0.2) is 84.9 Å². The highest BCUT2D eigenvalue weighted by Gasteiger charge is 2.39. The summed E-state index contributed by atoms with van der Waals surface area (Å²) >= 11 is 1.56. The van der Waals surface area contributed by atoms with Crippen molar-refractivity contribution >= 4 is 44.6 Å². The smallest absolute Gasteiger partial charge is 0.255 e. The average Bonchev–Trinajstić information content (AvgIpc) is 3.66. The van der Waals surface area contributed by atoms with Gasteiger partial charge in [0.1, 0.15) is 23.0 Å². The Hall–Kier alpha value is -5.19. The van der Waals surface area contributed by atoms with Gasteiger partial charge in [-0.1, -0.05) is 12.1 Å². The third-order valence-electron chi connectivity index (χ3n) is 11.5. The summed E-state index contributed by atoms with van der Waals surface area (Å²) in [4.78, 5) is 44.9. The van der Waals surface area contributed by atoms with Crippen LogP contribution in [0.5, 0.6) is 23.0 Å². The monoisotopic (exact) mass is 727 g/mol. The minimum atomic E-state index is -0.483. The Balaban J connectivity index is 0.777. The van der Waals surface area contributed by atoms with Crippen LogP contribution in [0.2, 0.25) is 0 Å².